The Kier molecular flexibility index (Phi) is 5.89. The summed E-state index contributed by atoms with van der Waals surface area (Å²) in [6, 6.07) is 9.28. The standard InChI is InChI=1S/C16H21N3O2S/c1-4-12(5-2)15-18-19-16(22-15)17-14(20)11(3)21-13-9-7-6-8-10-13/h6-12H,4-5H2,1-3H3,(H,17,19,20). The summed E-state index contributed by atoms with van der Waals surface area (Å²) >= 11 is 1.43. The Balaban J connectivity index is 1.94. The van der Waals surface area contributed by atoms with E-state index in [-0.39, 0.29) is 5.91 Å². The predicted octanol–water partition coefficient (Wildman–Crippen LogP) is 3.85. The lowest BCUT2D eigenvalue weighted by molar-refractivity contribution is -0.122. The van der Waals surface area contributed by atoms with Gasteiger partial charge in [0, 0.05) is 5.92 Å². The summed E-state index contributed by atoms with van der Waals surface area (Å²) in [7, 11) is 0. The summed E-state index contributed by atoms with van der Waals surface area (Å²) in [4.78, 5) is 12.1. The summed E-state index contributed by atoms with van der Waals surface area (Å²) in [6.45, 7) is 5.97. The SMILES string of the molecule is CCC(CC)c1nnc(NC(=O)C(C)Oc2ccccc2)s1. The van der Waals surface area contributed by atoms with Crippen molar-refractivity contribution in [3.8, 4) is 5.75 Å². The van der Waals surface area contributed by atoms with Crippen LogP contribution in [0, 0.1) is 0 Å². The molecule has 0 aliphatic carbocycles. The van der Waals surface area contributed by atoms with E-state index in [1.807, 2.05) is 30.3 Å². The number of amides is 1. The molecule has 0 saturated heterocycles. The fourth-order valence-electron chi connectivity index (χ4n) is 2.05. The van der Waals surface area contributed by atoms with Gasteiger partial charge in [0.25, 0.3) is 5.91 Å². The second kappa shape index (κ2) is 7.89. The van der Waals surface area contributed by atoms with Crippen molar-refractivity contribution >= 4 is 22.4 Å². The Morgan fingerprint density at radius 2 is 1.91 bits per heavy atom. The quantitative estimate of drug-likeness (QED) is 0.842. The molecule has 0 aliphatic rings. The van der Waals surface area contributed by atoms with Crippen LogP contribution in [-0.4, -0.2) is 22.2 Å². The molecule has 0 aliphatic heterocycles. The van der Waals surface area contributed by atoms with Crippen molar-refractivity contribution in [1.29, 1.82) is 0 Å². The molecule has 6 heteroatoms. The Morgan fingerprint density at radius 3 is 2.55 bits per heavy atom. The Hall–Kier alpha value is -1.95. The van der Waals surface area contributed by atoms with Gasteiger partial charge in [0.2, 0.25) is 5.13 Å². The van der Waals surface area contributed by atoms with Crippen LogP contribution in [0.25, 0.3) is 0 Å². The third-order valence-corrected chi connectivity index (χ3v) is 4.43. The van der Waals surface area contributed by atoms with Gasteiger partial charge >= 0.3 is 0 Å². The smallest absolute Gasteiger partial charge is 0.266 e. The van der Waals surface area contributed by atoms with Gasteiger partial charge < -0.3 is 4.74 Å². The molecule has 1 aromatic carbocycles. The first kappa shape index (κ1) is 16.4. The van der Waals surface area contributed by atoms with Crippen molar-refractivity contribution in [3.05, 3.63) is 35.3 Å². The van der Waals surface area contributed by atoms with Crippen LogP contribution < -0.4 is 10.1 Å². The molecule has 118 valence electrons. The van der Waals surface area contributed by atoms with Crippen LogP contribution in [0.5, 0.6) is 5.75 Å². The van der Waals surface area contributed by atoms with Crippen LogP contribution in [0.2, 0.25) is 0 Å². The van der Waals surface area contributed by atoms with E-state index < -0.39 is 6.10 Å². The van der Waals surface area contributed by atoms with E-state index in [0.717, 1.165) is 17.8 Å². The average Bonchev–Trinajstić information content (AvgIpc) is 2.98. The maximum absolute atomic E-state index is 12.1. The van der Waals surface area contributed by atoms with Gasteiger partial charge in [0.1, 0.15) is 10.8 Å². The van der Waals surface area contributed by atoms with Gasteiger partial charge in [0.05, 0.1) is 0 Å². The Morgan fingerprint density at radius 1 is 1.23 bits per heavy atom. The molecule has 1 aromatic heterocycles. The first-order chi connectivity index (χ1) is 10.6. The normalized spacial score (nSPS) is 12.2. The van der Waals surface area contributed by atoms with Crippen molar-refractivity contribution < 1.29 is 9.53 Å². The fourth-order valence-corrected chi connectivity index (χ4v) is 3.06. The minimum atomic E-state index is -0.595. The number of carbonyl (C=O) groups is 1. The highest BCUT2D eigenvalue weighted by Crippen LogP contribution is 2.28. The number of rotatable bonds is 7. The maximum Gasteiger partial charge on any atom is 0.266 e. The first-order valence-corrected chi connectivity index (χ1v) is 8.31. The zero-order chi connectivity index (χ0) is 15.9. The summed E-state index contributed by atoms with van der Waals surface area (Å²) in [6.07, 6.45) is 1.45. The van der Waals surface area contributed by atoms with Gasteiger partial charge in [-0.3, -0.25) is 10.1 Å². The third-order valence-electron chi connectivity index (χ3n) is 3.43. The molecule has 22 heavy (non-hydrogen) atoms. The molecular weight excluding hydrogens is 298 g/mol. The predicted molar refractivity (Wildman–Crippen MR) is 88.4 cm³/mol. The second-order valence-electron chi connectivity index (χ2n) is 5.02. The van der Waals surface area contributed by atoms with Crippen LogP contribution in [0.15, 0.2) is 30.3 Å². The maximum atomic E-state index is 12.1. The molecule has 0 spiro atoms. The van der Waals surface area contributed by atoms with E-state index in [1.165, 1.54) is 11.3 Å². The number of hydrogen-bond donors (Lipinski definition) is 1. The van der Waals surface area contributed by atoms with Crippen molar-refractivity contribution in [3.63, 3.8) is 0 Å². The second-order valence-corrected chi connectivity index (χ2v) is 6.03. The number of ether oxygens (including phenoxy) is 1. The van der Waals surface area contributed by atoms with Crippen LogP contribution >= 0.6 is 11.3 Å². The lowest BCUT2D eigenvalue weighted by atomic mass is 10.1. The van der Waals surface area contributed by atoms with Crippen molar-refractivity contribution in [1.82, 2.24) is 10.2 Å². The number of benzene rings is 1. The van der Waals surface area contributed by atoms with Gasteiger partial charge in [-0.15, -0.1) is 10.2 Å². The molecule has 0 radical (unpaired) electrons. The lowest BCUT2D eigenvalue weighted by Gasteiger charge is -2.13. The molecule has 1 heterocycles. The number of para-hydroxylation sites is 1. The van der Waals surface area contributed by atoms with Gasteiger partial charge in [-0.1, -0.05) is 43.4 Å². The van der Waals surface area contributed by atoms with Crippen LogP contribution in [-0.2, 0) is 4.79 Å². The van der Waals surface area contributed by atoms with E-state index in [1.54, 1.807) is 6.92 Å². The molecule has 0 bridgehead atoms. The lowest BCUT2D eigenvalue weighted by Crippen LogP contribution is -2.30. The van der Waals surface area contributed by atoms with Crippen molar-refractivity contribution in [2.45, 2.75) is 45.6 Å². The highest BCUT2D eigenvalue weighted by atomic mass is 32.1. The van der Waals surface area contributed by atoms with Gasteiger partial charge in [-0.2, -0.15) is 0 Å². The minimum absolute atomic E-state index is 0.226. The zero-order valence-corrected chi connectivity index (χ0v) is 13.9. The van der Waals surface area contributed by atoms with Crippen molar-refractivity contribution in [2.75, 3.05) is 5.32 Å². The van der Waals surface area contributed by atoms with E-state index >= 15 is 0 Å². The number of aromatic nitrogens is 2. The highest BCUT2D eigenvalue weighted by Gasteiger charge is 2.18. The summed E-state index contributed by atoms with van der Waals surface area (Å²) in [5, 5.41) is 12.5. The van der Waals surface area contributed by atoms with E-state index in [9.17, 15) is 4.79 Å². The Bertz CT molecular complexity index is 596. The molecule has 0 saturated carbocycles. The molecular formula is C16H21N3O2S. The molecule has 1 atom stereocenters. The monoisotopic (exact) mass is 319 g/mol. The van der Waals surface area contributed by atoms with Gasteiger partial charge in [-0.25, -0.2) is 0 Å². The third kappa shape index (κ3) is 4.27. The van der Waals surface area contributed by atoms with Crippen LogP contribution in [0.4, 0.5) is 5.13 Å². The summed E-state index contributed by atoms with van der Waals surface area (Å²) in [5.74, 6) is 0.845. The molecule has 1 unspecified atom stereocenters. The topological polar surface area (TPSA) is 64.1 Å². The number of anilines is 1. The molecule has 2 rings (SSSR count). The number of hydrogen-bond acceptors (Lipinski definition) is 5. The molecule has 1 amide bonds. The number of carbonyl (C=O) groups excluding carboxylic acids is 1. The Labute approximate surface area is 134 Å². The van der Waals surface area contributed by atoms with Crippen LogP contribution in [0.1, 0.15) is 44.5 Å². The number of nitrogens with zero attached hydrogens (tertiary/aromatic N) is 2. The summed E-state index contributed by atoms with van der Waals surface area (Å²) in [5.41, 5.74) is 0. The van der Waals surface area contributed by atoms with E-state index in [4.69, 9.17) is 4.74 Å². The fraction of sp³-hybridized carbons (Fsp3) is 0.438. The number of nitrogens with one attached hydrogen (secondary N) is 1. The zero-order valence-electron chi connectivity index (χ0n) is 13.1. The first-order valence-electron chi connectivity index (χ1n) is 7.50. The van der Waals surface area contributed by atoms with Crippen LogP contribution in [0.3, 0.4) is 0 Å². The molecule has 1 N–H and O–H groups in total. The largest absolute Gasteiger partial charge is 0.481 e. The van der Waals surface area contributed by atoms with Gasteiger partial charge in [-0.05, 0) is 31.9 Å². The highest BCUT2D eigenvalue weighted by molar-refractivity contribution is 7.15. The van der Waals surface area contributed by atoms with E-state index in [2.05, 4.69) is 29.4 Å². The van der Waals surface area contributed by atoms with Crippen molar-refractivity contribution in [2.24, 2.45) is 0 Å². The molecule has 0 fully saturated rings. The molecule has 5 nitrogen and oxygen atoms in total. The summed E-state index contributed by atoms with van der Waals surface area (Å²) < 4.78 is 5.59. The van der Waals surface area contributed by atoms with E-state index in [0.29, 0.717) is 16.8 Å². The molecule has 2 aromatic rings. The minimum Gasteiger partial charge on any atom is -0.481 e. The van der Waals surface area contributed by atoms with Gasteiger partial charge in [0.15, 0.2) is 6.10 Å². The average molecular weight is 319 g/mol.